The van der Waals surface area contributed by atoms with E-state index >= 15 is 0 Å². The molecule has 2 N–H and O–H groups in total. The van der Waals surface area contributed by atoms with E-state index in [1.165, 1.54) is 12.1 Å². The highest BCUT2D eigenvalue weighted by molar-refractivity contribution is 7.89. The fourth-order valence-electron chi connectivity index (χ4n) is 1.70. The molecule has 6 heteroatoms. The van der Waals surface area contributed by atoms with Gasteiger partial charge in [-0.15, -0.1) is 0 Å². The Morgan fingerprint density at radius 3 is 2.35 bits per heavy atom. The Morgan fingerprint density at radius 1 is 1.15 bits per heavy atom. The van der Waals surface area contributed by atoms with Crippen LogP contribution < -0.4 is 9.88 Å². The highest BCUT2D eigenvalue weighted by Gasteiger charge is 2.10. The van der Waals surface area contributed by atoms with Crippen LogP contribution in [0.5, 0.6) is 5.75 Å². The first kappa shape index (κ1) is 14.8. The van der Waals surface area contributed by atoms with E-state index in [-0.39, 0.29) is 4.90 Å². The molecule has 4 nitrogen and oxygen atoms in total. The average Bonchev–Trinajstić information content (AvgIpc) is 2.38. The molecular weight excluding hydrogens is 298 g/mol. The zero-order valence-electron chi connectivity index (χ0n) is 10.8. The second-order valence-electron chi connectivity index (χ2n) is 4.39. The first-order chi connectivity index (χ1) is 9.36. The molecule has 0 radical (unpaired) electrons. The summed E-state index contributed by atoms with van der Waals surface area (Å²) in [6, 6.07) is 11.8. The molecule has 0 aromatic heterocycles. The van der Waals surface area contributed by atoms with Gasteiger partial charge in [-0.25, -0.2) is 13.6 Å². The molecule has 0 unspecified atom stereocenters. The lowest BCUT2D eigenvalue weighted by molar-refractivity contribution is 0.304. The maximum atomic E-state index is 11.2. The molecule has 0 heterocycles. The molecule has 0 fully saturated rings. The van der Waals surface area contributed by atoms with Gasteiger partial charge in [-0.1, -0.05) is 23.7 Å². The Balaban J connectivity index is 2.12. The number of hydrogen-bond acceptors (Lipinski definition) is 3. The van der Waals surface area contributed by atoms with Crippen LogP contribution in [0.1, 0.15) is 11.1 Å². The third-order valence-electron chi connectivity index (χ3n) is 2.78. The van der Waals surface area contributed by atoms with E-state index in [9.17, 15) is 8.42 Å². The molecule has 0 saturated heterocycles. The topological polar surface area (TPSA) is 69.4 Å². The van der Waals surface area contributed by atoms with E-state index < -0.39 is 10.0 Å². The molecule has 2 rings (SSSR count). The third kappa shape index (κ3) is 3.72. The standard InChI is InChI=1S/C14H14ClNO3S/c1-10-8-13(20(16,17)18)6-7-14(10)19-9-11-2-4-12(15)5-3-11/h2-8H,9H2,1H3,(H2,16,17,18). The molecule has 0 atom stereocenters. The van der Waals surface area contributed by atoms with Crippen LogP contribution >= 0.6 is 11.6 Å². The maximum Gasteiger partial charge on any atom is 0.238 e. The Kier molecular flexibility index (Phi) is 4.32. The molecule has 0 aliphatic carbocycles. The van der Waals surface area contributed by atoms with E-state index in [2.05, 4.69) is 0 Å². The van der Waals surface area contributed by atoms with Crippen LogP contribution in [0, 0.1) is 6.92 Å². The van der Waals surface area contributed by atoms with Crippen LogP contribution in [-0.2, 0) is 16.6 Å². The van der Waals surface area contributed by atoms with Crippen LogP contribution in [0.2, 0.25) is 5.02 Å². The fraction of sp³-hybridized carbons (Fsp3) is 0.143. The number of halogens is 1. The summed E-state index contributed by atoms with van der Waals surface area (Å²) < 4.78 is 28.1. The molecule has 0 spiro atoms. The van der Waals surface area contributed by atoms with E-state index in [0.29, 0.717) is 22.9 Å². The van der Waals surface area contributed by atoms with Crippen LogP contribution in [0.4, 0.5) is 0 Å². The van der Waals surface area contributed by atoms with Crippen LogP contribution in [-0.4, -0.2) is 8.42 Å². The first-order valence-corrected chi connectivity index (χ1v) is 7.79. The summed E-state index contributed by atoms with van der Waals surface area (Å²) in [5.74, 6) is 0.618. The van der Waals surface area contributed by atoms with Gasteiger partial charge < -0.3 is 4.74 Å². The van der Waals surface area contributed by atoms with Crippen molar-refractivity contribution in [1.29, 1.82) is 0 Å². The van der Waals surface area contributed by atoms with Crippen molar-refractivity contribution in [3.63, 3.8) is 0 Å². The minimum atomic E-state index is -3.68. The summed E-state index contributed by atoms with van der Waals surface area (Å²) >= 11 is 5.80. The molecule has 2 aromatic rings. The molecular formula is C14H14ClNO3S. The maximum absolute atomic E-state index is 11.2. The molecule has 106 valence electrons. The largest absolute Gasteiger partial charge is 0.489 e. The summed E-state index contributed by atoms with van der Waals surface area (Å²) in [4.78, 5) is 0.0776. The van der Waals surface area contributed by atoms with Crippen molar-refractivity contribution in [2.75, 3.05) is 0 Å². The van der Waals surface area contributed by atoms with Gasteiger partial charge in [0.05, 0.1) is 4.90 Å². The highest BCUT2D eigenvalue weighted by atomic mass is 35.5. The minimum Gasteiger partial charge on any atom is -0.489 e. The van der Waals surface area contributed by atoms with Gasteiger partial charge in [0.15, 0.2) is 0 Å². The molecule has 0 bridgehead atoms. The number of primary sulfonamides is 1. The predicted octanol–water partition coefficient (Wildman–Crippen LogP) is 2.87. The lowest BCUT2D eigenvalue weighted by atomic mass is 10.2. The highest BCUT2D eigenvalue weighted by Crippen LogP contribution is 2.22. The molecule has 2 aromatic carbocycles. The summed E-state index contributed by atoms with van der Waals surface area (Å²) in [7, 11) is -3.68. The number of nitrogens with two attached hydrogens (primary N) is 1. The number of benzene rings is 2. The van der Waals surface area contributed by atoms with Crippen molar-refractivity contribution in [1.82, 2.24) is 0 Å². The molecule has 0 saturated carbocycles. The molecule has 0 aliphatic heterocycles. The van der Waals surface area contributed by atoms with E-state index in [4.69, 9.17) is 21.5 Å². The van der Waals surface area contributed by atoms with Crippen molar-refractivity contribution in [2.24, 2.45) is 5.14 Å². The van der Waals surface area contributed by atoms with Gasteiger partial charge in [0.25, 0.3) is 0 Å². The summed E-state index contributed by atoms with van der Waals surface area (Å²) in [6.45, 7) is 2.15. The van der Waals surface area contributed by atoms with Gasteiger partial charge in [0.1, 0.15) is 12.4 Å². The van der Waals surface area contributed by atoms with Gasteiger partial charge in [0, 0.05) is 5.02 Å². The quantitative estimate of drug-likeness (QED) is 0.944. The summed E-state index contributed by atoms with van der Waals surface area (Å²) in [5.41, 5.74) is 1.69. The van der Waals surface area contributed by atoms with Gasteiger partial charge in [-0.2, -0.15) is 0 Å². The molecule has 0 amide bonds. The van der Waals surface area contributed by atoms with Gasteiger partial charge in [-0.05, 0) is 48.4 Å². The van der Waals surface area contributed by atoms with Crippen LogP contribution in [0.3, 0.4) is 0 Å². The van der Waals surface area contributed by atoms with Gasteiger partial charge in [0.2, 0.25) is 10.0 Å². The number of rotatable bonds is 4. The second kappa shape index (κ2) is 5.83. The van der Waals surface area contributed by atoms with Crippen LogP contribution in [0.15, 0.2) is 47.4 Å². The first-order valence-electron chi connectivity index (χ1n) is 5.87. The Labute approximate surface area is 123 Å². The van der Waals surface area contributed by atoms with E-state index in [1.54, 1.807) is 25.1 Å². The number of aryl methyl sites for hydroxylation is 1. The summed E-state index contributed by atoms with van der Waals surface area (Å²) in [5, 5.41) is 5.74. The van der Waals surface area contributed by atoms with Gasteiger partial charge >= 0.3 is 0 Å². The zero-order valence-corrected chi connectivity index (χ0v) is 12.4. The predicted molar refractivity (Wildman–Crippen MR) is 78.3 cm³/mol. The Bertz CT molecular complexity index is 712. The smallest absolute Gasteiger partial charge is 0.238 e. The monoisotopic (exact) mass is 311 g/mol. The lowest BCUT2D eigenvalue weighted by Crippen LogP contribution is -2.12. The Hall–Kier alpha value is -1.56. The van der Waals surface area contributed by atoms with Crippen molar-refractivity contribution in [3.05, 3.63) is 58.6 Å². The van der Waals surface area contributed by atoms with Crippen molar-refractivity contribution < 1.29 is 13.2 Å². The second-order valence-corrected chi connectivity index (χ2v) is 6.39. The van der Waals surface area contributed by atoms with E-state index in [0.717, 1.165) is 5.56 Å². The normalized spacial score (nSPS) is 11.3. The lowest BCUT2D eigenvalue weighted by Gasteiger charge is -2.10. The fourth-order valence-corrected chi connectivity index (χ4v) is 2.43. The van der Waals surface area contributed by atoms with Crippen LogP contribution in [0.25, 0.3) is 0 Å². The van der Waals surface area contributed by atoms with Crippen molar-refractivity contribution in [3.8, 4) is 5.75 Å². The van der Waals surface area contributed by atoms with E-state index in [1.807, 2.05) is 12.1 Å². The average molecular weight is 312 g/mol. The number of hydrogen-bond donors (Lipinski definition) is 1. The number of ether oxygens (including phenoxy) is 1. The minimum absolute atomic E-state index is 0.0776. The van der Waals surface area contributed by atoms with Crippen molar-refractivity contribution >= 4 is 21.6 Å². The molecule has 20 heavy (non-hydrogen) atoms. The third-order valence-corrected chi connectivity index (χ3v) is 3.95. The molecule has 0 aliphatic rings. The van der Waals surface area contributed by atoms with Crippen molar-refractivity contribution in [2.45, 2.75) is 18.4 Å². The number of sulfonamides is 1. The Morgan fingerprint density at radius 2 is 1.80 bits per heavy atom. The SMILES string of the molecule is Cc1cc(S(N)(=O)=O)ccc1OCc1ccc(Cl)cc1. The zero-order chi connectivity index (χ0) is 14.8. The van der Waals surface area contributed by atoms with Gasteiger partial charge in [-0.3, -0.25) is 0 Å². The summed E-state index contributed by atoms with van der Waals surface area (Å²) in [6.07, 6.45) is 0.